The van der Waals surface area contributed by atoms with Gasteiger partial charge in [-0.3, -0.25) is 4.72 Å². The second-order valence-corrected chi connectivity index (χ2v) is 7.75. The molecule has 6 heteroatoms. The number of rotatable bonds is 4. The first-order valence-electron chi connectivity index (χ1n) is 7.18. The Hall–Kier alpha value is -1.98. The zero-order valence-corrected chi connectivity index (χ0v) is 14.4. The van der Waals surface area contributed by atoms with Crippen molar-refractivity contribution in [2.75, 3.05) is 11.0 Å². The van der Waals surface area contributed by atoms with Gasteiger partial charge in [-0.05, 0) is 42.8 Å². The number of hydrogen-bond donors (Lipinski definition) is 1. The number of fused-ring (bicyclic) bond motifs is 1. The molecule has 1 heterocycles. The Kier molecular flexibility index (Phi) is 4.08. The van der Waals surface area contributed by atoms with E-state index in [1.165, 1.54) is 0 Å². The Morgan fingerprint density at radius 1 is 1.09 bits per heavy atom. The van der Waals surface area contributed by atoms with Crippen molar-refractivity contribution in [1.29, 1.82) is 0 Å². The molecule has 1 aromatic heterocycles. The highest BCUT2D eigenvalue weighted by Crippen LogP contribution is 2.30. The van der Waals surface area contributed by atoms with Crippen LogP contribution < -0.4 is 4.72 Å². The van der Waals surface area contributed by atoms with Gasteiger partial charge < -0.3 is 4.57 Å². The molecule has 3 rings (SSSR count). The zero-order chi connectivity index (χ0) is 16.6. The minimum Gasteiger partial charge on any atom is -0.340 e. The van der Waals surface area contributed by atoms with Crippen molar-refractivity contribution in [2.45, 2.75) is 13.0 Å². The predicted molar refractivity (Wildman–Crippen MR) is 95.7 cm³/mol. The molecule has 120 valence electrons. The van der Waals surface area contributed by atoms with Crippen LogP contribution >= 0.6 is 11.6 Å². The number of benzene rings is 2. The number of nitrogens with one attached hydrogen (secondary N) is 1. The molecule has 23 heavy (non-hydrogen) atoms. The van der Waals surface area contributed by atoms with E-state index in [0.717, 1.165) is 22.7 Å². The van der Waals surface area contributed by atoms with E-state index in [1.54, 1.807) is 6.07 Å². The van der Waals surface area contributed by atoms with Crippen LogP contribution in [0.4, 0.5) is 5.69 Å². The highest BCUT2D eigenvalue weighted by atomic mass is 35.5. The molecule has 0 saturated heterocycles. The van der Waals surface area contributed by atoms with E-state index in [2.05, 4.69) is 16.2 Å². The molecule has 0 radical (unpaired) electrons. The van der Waals surface area contributed by atoms with Crippen molar-refractivity contribution in [1.82, 2.24) is 4.57 Å². The molecular weight excluding hydrogens is 332 g/mol. The second-order valence-electron chi connectivity index (χ2n) is 5.56. The Labute approximate surface area is 140 Å². The monoisotopic (exact) mass is 348 g/mol. The van der Waals surface area contributed by atoms with E-state index in [1.807, 2.05) is 48.7 Å². The lowest BCUT2D eigenvalue weighted by Crippen LogP contribution is -2.10. The van der Waals surface area contributed by atoms with Crippen molar-refractivity contribution in [2.24, 2.45) is 0 Å². The van der Waals surface area contributed by atoms with Crippen LogP contribution in [0.5, 0.6) is 0 Å². The summed E-state index contributed by atoms with van der Waals surface area (Å²) in [7, 11) is -3.31. The van der Waals surface area contributed by atoms with E-state index in [9.17, 15) is 8.42 Å². The SMILES string of the molecule is CC(c1ccc(Cl)cc1)n1ccc2c(NS(C)(=O)=O)cccc21. The molecule has 0 spiro atoms. The number of halogens is 1. The highest BCUT2D eigenvalue weighted by Gasteiger charge is 2.13. The Balaban J connectivity index is 2.06. The Morgan fingerprint density at radius 3 is 2.43 bits per heavy atom. The first-order valence-corrected chi connectivity index (χ1v) is 9.45. The maximum Gasteiger partial charge on any atom is 0.229 e. The third-order valence-corrected chi connectivity index (χ3v) is 4.67. The Bertz CT molecular complexity index is 946. The summed E-state index contributed by atoms with van der Waals surface area (Å²) in [6.45, 7) is 2.10. The lowest BCUT2D eigenvalue weighted by Gasteiger charge is -2.16. The van der Waals surface area contributed by atoms with Gasteiger partial charge in [0.15, 0.2) is 0 Å². The van der Waals surface area contributed by atoms with E-state index in [0.29, 0.717) is 10.7 Å². The molecule has 0 amide bonds. The summed E-state index contributed by atoms with van der Waals surface area (Å²) in [6.07, 6.45) is 3.12. The van der Waals surface area contributed by atoms with E-state index >= 15 is 0 Å². The fourth-order valence-corrected chi connectivity index (χ4v) is 3.42. The quantitative estimate of drug-likeness (QED) is 0.765. The smallest absolute Gasteiger partial charge is 0.229 e. The van der Waals surface area contributed by atoms with Gasteiger partial charge in [0.25, 0.3) is 0 Å². The summed E-state index contributed by atoms with van der Waals surface area (Å²) in [5, 5.41) is 1.58. The molecule has 0 bridgehead atoms. The molecule has 0 aliphatic carbocycles. The van der Waals surface area contributed by atoms with Crippen LogP contribution in [-0.2, 0) is 10.0 Å². The summed E-state index contributed by atoms with van der Waals surface area (Å²) in [5.74, 6) is 0. The maximum atomic E-state index is 11.5. The van der Waals surface area contributed by atoms with Crippen LogP contribution in [-0.4, -0.2) is 19.2 Å². The van der Waals surface area contributed by atoms with Gasteiger partial charge in [0, 0.05) is 16.6 Å². The summed E-state index contributed by atoms with van der Waals surface area (Å²) in [5.41, 5.74) is 2.70. The van der Waals surface area contributed by atoms with E-state index < -0.39 is 10.0 Å². The molecule has 0 fully saturated rings. The van der Waals surface area contributed by atoms with Crippen LogP contribution in [0.15, 0.2) is 54.7 Å². The first kappa shape index (κ1) is 15.9. The molecule has 4 nitrogen and oxygen atoms in total. The summed E-state index contributed by atoms with van der Waals surface area (Å²) < 4.78 is 27.7. The molecular formula is C17H17ClN2O2S. The molecule has 0 aliphatic rings. The number of anilines is 1. The number of aromatic nitrogens is 1. The fourth-order valence-electron chi connectivity index (χ4n) is 2.72. The van der Waals surface area contributed by atoms with Crippen LogP contribution in [0.3, 0.4) is 0 Å². The van der Waals surface area contributed by atoms with Gasteiger partial charge in [0.1, 0.15) is 0 Å². The van der Waals surface area contributed by atoms with Crippen LogP contribution in [0.25, 0.3) is 10.9 Å². The predicted octanol–water partition coefficient (Wildman–Crippen LogP) is 4.28. The van der Waals surface area contributed by atoms with Crippen molar-refractivity contribution in [3.8, 4) is 0 Å². The van der Waals surface area contributed by atoms with E-state index in [4.69, 9.17) is 11.6 Å². The van der Waals surface area contributed by atoms with Gasteiger partial charge in [0.2, 0.25) is 10.0 Å². The standard InChI is InChI=1S/C17H17ClN2O2S/c1-12(13-6-8-14(18)9-7-13)20-11-10-15-16(19-23(2,21)22)4-3-5-17(15)20/h3-12,19H,1-2H3. The van der Waals surface area contributed by atoms with Crippen LogP contribution in [0.1, 0.15) is 18.5 Å². The average Bonchev–Trinajstić information content (AvgIpc) is 2.91. The maximum absolute atomic E-state index is 11.5. The molecule has 3 aromatic rings. The highest BCUT2D eigenvalue weighted by molar-refractivity contribution is 7.92. The van der Waals surface area contributed by atoms with Gasteiger partial charge >= 0.3 is 0 Å². The second kappa shape index (κ2) is 5.91. The minimum absolute atomic E-state index is 0.109. The van der Waals surface area contributed by atoms with Crippen molar-refractivity contribution in [3.05, 3.63) is 65.3 Å². The number of sulfonamides is 1. The number of nitrogens with zero attached hydrogens (tertiary/aromatic N) is 1. The van der Waals surface area contributed by atoms with Gasteiger partial charge in [-0.15, -0.1) is 0 Å². The van der Waals surface area contributed by atoms with Crippen LogP contribution in [0.2, 0.25) is 5.02 Å². The third kappa shape index (κ3) is 3.35. The van der Waals surface area contributed by atoms with Gasteiger partial charge in [-0.1, -0.05) is 29.8 Å². The third-order valence-electron chi connectivity index (χ3n) is 3.83. The summed E-state index contributed by atoms with van der Waals surface area (Å²) >= 11 is 5.95. The van der Waals surface area contributed by atoms with Crippen molar-refractivity contribution < 1.29 is 8.42 Å². The lowest BCUT2D eigenvalue weighted by molar-refractivity contribution is 0.607. The van der Waals surface area contributed by atoms with Gasteiger partial charge in [-0.2, -0.15) is 0 Å². The van der Waals surface area contributed by atoms with Gasteiger partial charge in [0.05, 0.1) is 23.5 Å². The molecule has 1 unspecified atom stereocenters. The normalized spacial score (nSPS) is 13.2. The molecule has 0 saturated carbocycles. The molecule has 1 atom stereocenters. The Morgan fingerprint density at radius 2 is 1.78 bits per heavy atom. The molecule has 2 aromatic carbocycles. The summed E-state index contributed by atoms with van der Waals surface area (Å²) in [4.78, 5) is 0. The average molecular weight is 349 g/mol. The first-order chi connectivity index (χ1) is 10.8. The van der Waals surface area contributed by atoms with Crippen molar-refractivity contribution in [3.63, 3.8) is 0 Å². The van der Waals surface area contributed by atoms with Crippen molar-refractivity contribution >= 4 is 38.2 Å². The van der Waals surface area contributed by atoms with Crippen LogP contribution in [0, 0.1) is 0 Å². The topological polar surface area (TPSA) is 51.1 Å². The zero-order valence-electron chi connectivity index (χ0n) is 12.8. The fraction of sp³-hybridized carbons (Fsp3) is 0.176. The molecule has 1 N–H and O–H groups in total. The minimum atomic E-state index is -3.31. The lowest BCUT2D eigenvalue weighted by atomic mass is 10.1. The summed E-state index contributed by atoms with van der Waals surface area (Å²) in [6, 6.07) is 15.4. The largest absolute Gasteiger partial charge is 0.340 e. The van der Waals surface area contributed by atoms with Gasteiger partial charge in [-0.25, -0.2) is 8.42 Å². The van der Waals surface area contributed by atoms with E-state index in [-0.39, 0.29) is 6.04 Å². The number of hydrogen-bond acceptors (Lipinski definition) is 2. The molecule has 0 aliphatic heterocycles.